The minimum absolute atomic E-state index is 0.0627. The third kappa shape index (κ3) is 9.73. The number of esters is 1. The molecule has 2 aliphatic rings. The molecule has 2 aromatic heterocycles. The summed E-state index contributed by atoms with van der Waals surface area (Å²) in [4.78, 5) is 60.3. The average Bonchev–Trinajstić information content (AvgIpc) is 4.32. The smallest absolute Gasteiger partial charge is 0.337 e. The standard InChI is InChI=1S/C26H23N3O3.C25H22N4O3.H3NO/c1-32-26(31)19-12-10-17(11-13-19)16-27-21-8-5-9-22-23(21)25(30)29(20-6-3-2-4-7-20)24(28-22)18-14-15-18;30-24(28-32)18-11-9-16(10-12-18)15-26-20-7-4-8-21-22(20)25(31)29(19-5-2-1-3-6-19)23(27-21)17-13-14-17;1-2/h2-13,18,27H,14-16H2,1H3;1-12,17,26,32H,13-15H2,(H,28,30);2H,1H2. The number of hydrogen-bond donors (Lipinski definition) is 6. The lowest BCUT2D eigenvalue weighted by molar-refractivity contribution is 0.0600. The number of para-hydroxylation sites is 2. The summed E-state index contributed by atoms with van der Waals surface area (Å²) >= 11 is 0. The van der Waals surface area contributed by atoms with E-state index in [-0.39, 0.29) is 17.1 Å². The summed E-state index contributed by atoms with van der Waals surface area (Å²) in [5.74, 6) is 4.89. The number of rotatable bonds is 12. The van der Waals surface area contributed by atoms with E-state index in [9.17, 15) is 19.2 Å². The number of ether oxygens (including phenoxy) is 1. The fourth-order valence-corrected chi connectivity index (χ4v) is 7.78. The molecule has 0 spiro atoms. The Morgan fingerprint density at radius 3 is 1.38 bits per heavy atom. The molecule has 7 N–H and O–H groups in total. The van der Waals surface area contributed by atoms with Gasteiger partial charge in [0.25, 0.3) is 17.0 Å². The van der Waals surface area contributed by atoms with Crippen LogP contribution in [0.5, 0.6) is 0 Å². The first-order chi connectivity index (χ1) is 32.3. The van der Waals surface area contributed by atoms with Crippen LogP contribution in [0.4, 0.5) is 11.4 Å². The molecule has 1 amide bonds. The van der Waals surface area contributed by atoms with Gasteiger partial charge in [-0.25, -0.2) is 26.1 Å². The van der Waals surface area contributed by atoms with Crippen molar-refractivity contribution in [1.82, 2.24) is 24.6 Å². The van der Waals surface area contributed by atoms with Crippen molar-refractivity contribution >= 4 is 45.1 Å². The SMILES string of the molecule is COC(=O)c1ccc(CNc2cccc3nc(C4CC4)n(-c4ccccc4)c(=O)c23)cc1.NO.O=C(NO)c1ccc(CNc2cccc3nc(C4CC4)n(-c4ccccc4)c(=O)c23)cc1. The number of aromatic nitrogens is 4. The lowest BCUT2D eigenvalue weighted by Crippen LogP contribution is -2.24. The van der Waals surface area contributed by atoms with Gasteiger partial charge in [0.1, 0.15) is 11.6 Å². The van der Waals surface area contributed by atoms with Crippen LogP contribution in [0.3, 0.4) is 0 Å². The number of nitrogens with two attached hydrogens (primary N) is 1. The largest absolute Gasteiger partial charge is 0.465 e. The van der Waals surface area contributed by atoms with E-state index in [1.54, 1.807) is 51.0 Å². The number of nitrogens with zero attached hydrogens (tertiary/aromatic N) is 4. The van der Waals surface area contributed by atoms with Crippen LogP contribution in [0.2, 0.25) is 0 Å². The fourth-order valence-electron chi connectivity index (χ4n) is 7.78. The molecule has 0 unspecified atom stereocenters. The molecule has 0 atom stereocenters. The molecular weight excluding hydrogens is 837 g/mol. The van der Waals surface area contributed by atoms with Gasteiger partial charge in [0.05, 0.1) is 45.9 Å². The van der Waals surface area contributed by atoms with Crippen molar-refractivity contribution in [2.45, 2.75) is 50.6 Å². The van der Waals surface area contributed by atoms with Gasteiger partial charge in [-0.05, 0) is 110 Å². The van der Waals surface area contributed by atoms with E-state index in [0.717, 1.165) is 65.5 Å². The number of hydrogen-bond acceptors (Lipinski definition) is 12. The van der Waals surface area contributed by atoms with E-state index in [1.165, 1.54) is 7.11 Å². The predicted molar refractivity (Wildman–Crippen MR) is 253 cm³/mol. The number of carbonyl (C=O) groups excluding carboxylic acids is 2. The monoisotopic (exact) mass is 884 g/mol. The Bertz CT molecular complexity index is 2900. The van der Waals surface area contributed by atoms with Gasteiger partial charge in [0, 0.05) is 41.9 Å². The summed E-state index contributed by atoms with van der Waals surface area (Å²) in [6.45, 7) is 0.977. The molecule has 0 saturated heterocycles. The van der Waals surface area contributed by atoms with Crippen molar-refractivity contribution in [3.05, 3.63) is 200 Å². The number of nitrogens with one attached hydrogen (secondary N) is 3. The summed E-state index contributed by atoms with van der Waals surface area (Å²) < 4.78 is 8.25. The van der Waals surface area contributed by atoms with Crippen LogP contribution in [0.25, 0.3) is 33.2 Å². The Labute approximate surface area is 379 Å². The Hall–Kier alpha value is -7.98. The molecule has 0 aliphatic heterocycles. The van der Waals surface area contributed by atoms with Crippen LogP contribution in [-0.2, 0) is 17.8 Å². The van der Waals surface area contributed by atoms with Crippen LogP contribution in [0, 0.1) is 0 Å². The molecule has 8 aromatic rings. The van der Waals surface area contributed by atoms with Gasteiger partial charge in [-0.3, -0.25) is 28.7 Å². The van der Waals surface area contributed by atoms with Gasteiger partial charge in [-0.1, -0.05) is 72.8 Å². The summed E-state index contributed by atoms with van der Waals surface area (Å²) in [7, 11) is 1.36. The molecule has 2 fully saturated rings. The van der Waals surface area contributed by atoms with Crippen molar-refractivity contribution in [1.29, 1.82) is 0 Å². The molecule has 10 rings (SSSR count). The minimum atomic E-state index is -0.558. The molecule has 2 heterocycles. The molecule has 0 bridgehead atoms. The zero-order valence-corrected chi connectivity index (χ0v) is 36.1. The maximum absolute atomic E-state index is 13.7. The van der Waals surface area contributed by atoms with Crippen LogP contribution in [0.15, 0.2) is 155 Å². The molecule has 2 aliphatic carbocycles. The first-order valence-corrected chi connectivity index (χ1v) is 21.5. The average molecular weight is 885 g/mol. The maximum Gasteiger partial charge on any atom is 0.337 e. The molecule has 15 nitrogen and oxygen atoms in total. The molecule has 334 valence electrons. The lowest BCUT2D eigenvalue weighted by Gasteiger charge is -2.15. The molecule has 15 heteroatoms. The molecule has 0 radical (unpaired) electrons. The molecule has 6 aromatic carbocycles. The third-order valence-corrected chi connectivity index (χ3v) is 11.4. The van der Waals surface area contributed by atoms with Gasteiger partial charge in [-0.2, -0.15) is 0 Å². The predicted octanol–water partition coefficient (Wildman–Crippen LogP) is 7.99. The molecule has 2 saturated carbocycles. The highest BCUT2D eigenvalue weighted by Gasteiger charge is 2.31. The Kier molecular flexibility index (Phi) is 13.7. The number of fused-ring (bicyclic) bond motifs is 2. The highest BCUT2D eigenvalue weighted by molar-refractivity contribution is 5.94. The van der Waals surface area contributed by atoms with Crippen LogP contribution >= 0.6 is 0 Å². The highest BCUT2D eigenvalue weighted by atomic mass is 16.5. The van der Waals surface area contributed by atoms with Crippen LogP contribution < -0.4 is 33.1 Å². The Balaban J connectivity index is 0.000000173. The summed E-state index contributed by atoms with van der Waals surface area (Å²) in [6, 6.07) is 44.8. The topological polar surface area (TPSA) is 216 Å². The lowest BCUT2D eigenvalue weighted by atomic mass is 10.1. The Morgan fingerprint density at radius 1 is 0.591 bits per heavy atom. The van der Waals surface area contributed by atoms with E-state index < -0.39 is 5.91 Å². The summed E-state index contributed by atoms with van der Waals surface area (Å²) in [6.07, 6.45) is 4.22. The van der Waals surface area contributed by atoms with Crippen molar-refractivity contribution in [2.24, 2.45) is 5.90 Å². The first kappa shape index (κ1) is 44.6. The molecule has 66 heavy (non-hydrogen) atoms. The van der Waals surface area contributed by atoms with Crippen molar-refractivity contribution < 1.29 is 24.7 Å². The molecular formula is C51H48N8O7. The summed E-state index contributed by atoms with van der Waals surface area (Å²) in [5, 5.41) is 23.1. The number of benzene rings is 6. The van der Waals surface area contributed by atoms with E-state index in [4.69, 9.17) is 25.1 Å². The summed E-state index contributed by atoms with van der Waals surface area (Å²) in [5.41, 5.74) is 8.76. The second-order valence-corrected chi connectivity index (χ2v) is 15.9. The van der Waals surface area contributed by atoms with Gasteiger partial charge < -0.3 is 20.6 Å². The maximum atomic E-state index is 13.7. The van der Waals surface area contributed by atoms with Gasteiger partial charge in [0.15, 0.2) is 0 Å². The van der Waals surface area contributed by atoms with Crippen molar-refractivity contribution in [3.63, 3.8) is 0 Å². The first-order valence-electron chi connectivity index (χ1n) is 21.5. The Morgan fingerprint density at radius 2 is 1.00 bits per heavy atom. The van der Waals surface area contributed by atoms with E-state index >= 15 is 0 Å². The van der Waals surface area contributed by atoms with Crippen molar-refractivity contribution in [3.8, 4) is 11.4 Å². The zero-order valence-electron chi connectivity index (χ0n) is 36.1. The van der Waals surface area contributed by atoms with Gasteiger partial charge in [0.2, 0.25) is 0 Å². The quantitative estimate of drug-likeness (QED) is 0.0391. The van der Waals surface area contributed by atoms with E-state index in [2.05, 4.69) is 16.5 Å². The second-order valence-electron chi connectivity index (χ2n) is 15.9. The number of amides is 1. The fraction of sp³-hybridized carbons (Fsp3) is 0.176. The minimum Gasteiger partial charge on any atom is -0.465 e. The normalized spacial score (nSPS) is 12.8. The van der Waals surface area contributed by atoms with Crippen molar-refractivity contribution in [2.75, 3.05) is 17.7 Å². The highest BCUT2D eigenvalue weighted by Crippen LogP contribution is 2.41. The number of anilines is 2. The number of methoxy groups -OCH3 is 1. The van der Waals surface area contributed by atoms with E-state index in [1.807, 2.05) is 109 Å². The van der Waals surface area contributed by atoms with Crippen LogP contribution in [0.1, 0.15) is 81.0 Å². The van der Waals surface area contributed by atoms with Crippen LogP contribution in [-0.4, -0.2) is 48.5 Å². The van der Waals surface area contributed by atoms with E-state index in [0.29, 0.717) is 63.5 Å². The third-order valence-electron chi connectivity index (χ3n) is 11.4. The number of carbonyl (C=O) groups is 2. The zero-order chi connectivity index (χ0) is 46.2. The van der Waals surface area contributed by atoms with Gasteiger partial charge in [-0.15, -0.1) is 0 Å². The second kappa shape index (κ2) is 20.2. The van der Waals surface area contributed by atoms with Gasteiger partial charge >= 0.3 is 5.97 Å². The number of hydroxylamine groups is 1.